The first-order valence-corrected chi connectivity index (χ1v) is 7.53. The second kappa shape index (κ2) is 5.02. The molecule has 2 aromatic heterocycles. The summed E-state index contributed by atoms with van der Waals surface area (Å²) in [6, 6.07) is 6.91. The Morgan fingerprint density at radius 1 is 1.29 bits per heavy atom. The van der Waals surface area contributed by atoms with Crippen molar-refractivity contribution in [3.63, 3.8) is 0 Å². The van der Waals surface area contributed by atoms with Gasteiger partial charge in [0, 0.05) is 0 Å². The summed E-state index contributed by atoms with van der Waals surface area (Å²) in [6.07, 6.45) is 4.15. The SMILES string of the molecule is Cc1ncc(S(=O)(=O)Nc2ccccc2-n2cncn2)[nH]1. The first kappa shape index (κ1) is 13.3. The van der Waals surface area contributed by atoms with Crippen LogP contribution in [0.1, 0.15) is 5.82 Å². The maximum Gasteiger partial charge on any atom is 0.279 e. The summed E-state index contributed by atoms with van der Waals surface area (Å²) in [5.74, 6) is 0.528. The molecule has 8 nitrogen and oxygen atoms in total. The number of rotatable bonds is 4. The summed E-state index contributed by atoms with van der Waals surface area (Å²) < 4.78 is 28.6. The van der Waals surface area contributed by atoms with Gasteiger partial charge < -0.3 is 4.98 Å². The number of benzene rings is 1. The van der Waals surface area contributed by atoms with Gasteiger partial charge in [-0.1, -0.05) is 12.1 Å². The second-order valence-corrected chi connectivity index (χ2v) is 5.95. The number of aromatic amines is 1. The number of nitrogens with one attached hydrogen (secondary N) is 2. The largest absolute Gasteiger partial charge is 0.332 e. The third-order valence-corrected chi connectivity index (χ3v) is 4.06. The summed E-state index contributed by atoms with van der Waals surface area (Å²) in [5, 5.41) is 4.01. The molecule has 2 N–H and O–H groups in total. The average Bonchev–Trinajstić information content (AvgIpc) is 3.10. The lowest BCUT2D eigenvalue weighted by atomic mass is 10.3. The van der Waals surface area contributed by atoms with Gasteiger partial charge in [-0.25, -0.2) is 14.6 Å². The van der Waals surface area contributed by atoms with Gasteiger partial charge in [0.1, 0.15) is 18.5 Å². The molecule has 0 amide bonds. The lowest BCUT2D eigenvalue weighted by Gasteiger charge is -2.11. The first-order valence-electron chi connectivity index (χ1n) is 6.05. The van der Waals surface area contributed by atoms with Crippen LogP contribution in [0.2, 0.25) is 0 Å². The summed E-state index contributed by atoms with van der Waals surface area (Å²) in [5.41, 5.74) is 0.977. The minimum absolute atomic E-state index is 0.00777. The van der Waals surface area contributed by atoms with Crippen molar-refractivity contribution in [3.8, 4) is 5.69 Å². The normalized spacial score (nSPS) is 11.5. The van der Waals surface area contributed by atoms with Crippen molar-refractivity contribution in [2.75, 3.05) is 4.72 Å². The lowest BCUT2D eigenvalue weighted by molar-refractivity contribution is 0.598. The quantitative estimate of drug-likeness (QED) is 0.751. The van der Waals surface area contributed by atoms with Crippen LogP contribution in [0.3, 0.4) is 0 Å². The van der Waals surface area contributed by atoms with Crippen molar-refractivity contribution in [3.05, 3.63) is 48.9 Å². The van der Waals surface area contributed by atoms with Gasteiger partial charge >= 0.3 is 0 Å². The zero-order chi connectivity index (χ0) is 14.9. The minimum atomic E-state index is -3.74. The van der Waals surface area contributed by atoms with Gasteiger partial charge in [0.05, 0.1) is 17.6 Å². The van der Waals surface area contributed by atoms with Gasteiger partial charge in [-0.05, 0) is 19.1 Å². The Morgan fingerprint density at radius 3 is 2.76 bits per heavy atom. The average molecular weight is 304 g/mol. The van der Waals surface area contributed by atoms with Gasteiger partial charge in [0.2, 0.25) is 0 Å². The smallest absolute Gasteiger partial charge is 0.279 e. The number of sulfonamides is 1. The van der Waals surface area contributed by atoms with Crippen molar-refractivity contribution in [1.82, 2.24) is 24.7 Å². The molecular formula is C12H12N6O2S. The maximum atomic E-state index is 12.3. The molecule has 108 valence electrons. The van der Waals surface area contributed by atoms with E-state index in [9.17, 15) is 8.42 Å². The number of para-hydroxylation sites is 2. The van der Waals surface area contributed by atoms with Crippen molar-refractivity contribution in [2.45, 2.75) is 11.9 Å². The number of aromatic nitrogens is 5. The Labute approximate surface area is 120 Å². The summed E-state index contributed by atoms with van der Waals surface area (Å²) in [4.78, 5) is 10.4. The van der Waals surface area contributed by atoms with E-state index >= 15 is 0 Å². The fraction of sp³-hybridized carbons (Fsp3) is 0.0833. The molecule has 21 heavy (non-hydrogen) atoms. The molecule has 0 aliphatic carbocycles. The second-order valence-electron chi connectivity index (χ2n) is 4.30. The zero-order valence-corrected chi connectivity index (χ0v) is 11.9. The highest BCUT2D eigenvalue weighted by molar-refractivity contribution is 7.92. The molecule has 0 unspecified atom stereocenters. The number of H-pyrrole nitrogens is 1. The third kappa shape index (κ3) is 2.63. The van der Waals surface area contributed by atoms with Crippen LogP contribution in [0.15, 0.2) is 48.1 Å². The standard InChI is InChI=1S/C12H12N6O2S/c1-9-14-6-12(16-9)21(19,20)17-10-4-2-3-5-11(10)18-8-13-7-15-18/h2-8,17H,1H3,(H,14,16). The van der Waals surface area contributed by atoms with E-state index in [4.69, 9.17) is 0 Å². The minimum Gasteiger partial charge on any atom is -0.332 e. The molecule has 0 bridgehead atoms. The molecule has 0 fully saturated rings. The Bertz CT molecular complexity index is 854. The highest BCUT2D eigenvalue weighted by atomic mass is 32.2. The van der Waals surface area contributed by atoms with Gasteiger partial charge in [0.15, 0.2) is 5.03 Å². The number of anilines is 1. The predicted molar refractivity (Wildman–Crippen MR) is 75.5 cm³/mol. The fourth-order valence-corrected chi connectivity index (χ4v) is 2.87. The number of hydrogen-bond acceptors (Lipinski definition) is 5. The number of nitrogens with zero attached hydrogens (tertiary/aromatic N) is 4. The van der Waals surface area contributed by atoms with E-state index in [1.54, 1.807) is 31.2 Å². The Hall–Kier alpha value is -2.68. The van der Waals surface area contributed by atoms with Crippen LogP contribution in [-0.2, 0) is 10.0 Å². The van der Waals surface area contributed by atoms with Crippen LogP contribution < -0.4 is 4.72 Å². The van der Waals surface area contributed by atoms with Crippen molar-refractivity contribution < 1.29 is 8.42 Å². The van der Waals surface area contributed by atoms with Crippen LogP contribution in [0.25, 0.3) is 5.69 Å². The van der Waals surface area contributed by atoms with Crippen LogP contribution in [-0.4, -0.2) is 33.2 Å². The molecule has 3 aromatic rings. The molecule has 0 aliphatic rings. The van der Waals surface area contributed by atoms with E-state index in [0.29, 0.717) is 17.2 Å². The molecule has 0 radical (unpaired) electrons. The zero-order valence-electron chi connectivity index (χ0n) is 11.1. The number of aryl methyl sites for hydroxylation is 1. The topological polar surface area (TPSA) is 106 Å². The molecule has 3 rings (SSSR count). The lowest BCUT2D eigenvalue weighted by Crippen LogP contribution is -2.15. The molecule has 0 aliphatic heterocycles. The van der Waals surface area contributed by atoms with Gasteiger partial charge in [0.25, 0.3) is 10.0 Å². The van der Waals surface area contributed by atoms with E-state index in [1.807, 2.05) is 0 Å². The predicted octanol–water partition coefficient (Wildman–Crippen LogP) is 1.10. The van der Waals surface area contributed by atoms with E-state index in [1.165, 1.54) is 23.5 Å². The molecule has 2 heterocycles. The Balaban J connectivity index is 1.99. The van der Waals surface area contributed by atoms with Crippen LogP contribution in [0.5, 0.6) is 0 Å². The summed E-state index contributed by atoms with van der Waals surface area (Å²) in [7, 11) is -3.74. The highest BCUT2D eigenvalue weighted by Crippen LogP contribution is 2.21. The number of hydrogen-bond donors (Lipinski definition) is 2. The molecule has 9 heteroatoms. The van der Waals surface area contributed by atoms with Crippen molar-refractivity contribution in [1.29, 1.82) is 0 Å². The summed E-state index contributed by atoms with van der Waals surface area (Å²) >= 11 is 0. The molecule has 0 saturated heterocycles. The van der Waals surface area contributed by atoms with E-state index in [0.717, 1.165) is 0 Å². The molecule has 1 aromatic carbocycles. The van der Waals surface area contributed by atoms with Crippen molar-refractivity contribution >= 4 is 15.7 Å². The van der Waals surface area contributed by atoms with Crippen LogP contribution in [0, 0.1) is 6.92 Å². The third-order valence-electron chi connectivity index (χ3n) is 2.78. The van der Waals surface area contributed by atoms with Crippen molar-refractivity contribution in [2.24, 2.45) is 0 Å². The van der Waals surface area contributed by atoms with E-state index in [2.05, 4.69) is 24.8 Å². The first-order chi connectivity index (χ1) is 10.1. The van der Waals surface area contributed by atoms with Gasteiger partial charge in [-0.2, -0.15) is 13.5 Å². The van der Waals surface area contributed by atoms with Gasteiger partial charge in [-0.15, -0.1) is 0 Å². The molecule has 0 spiro atoms. The molecule has 0 saturated carbocycles. The monoisotopic (exact) mass is 304 g/mol. The van der Waals surface area contributed by atoms with E-state index < -0.39 is 10.0 Å². The fourth-order valence-electron chi connectivity index (χ4n) is 1.83. The molecular weight excluding hydrogens is 292 g/mol. The molecule has 0 atom stereocenters. The number of imidazole rings is 1. The maximum absolute atomic E-state index is 12.3. The van der Waals surface area contributed by atoms with Crippen LogP contribution >= 0.6 is 0 Å². The van der Waals surface area contributed by atoms with Gasteiger partial charge in [-0.3, -0.25) is 4.72 Å². The van der Waals surface area contributed by atoms with Crippen LogP contribution in [0.4, 0.5) is 5.69 Å². The van der Waals surface area contributed by atoms with E-state index in [-0.39, 0.29) is 5.03 Å². The highest BCUT2D eigenvalue weighted by Gasteiger charge is 2.18. The Morgan fingerprint density at radius 2 is 2.10 bits per heavy atom. The Kier molecular flexibility index (Phi) is 3.18. The summed E-state index contributed by atoms with van der Waals surface area (Å²) in [6.45, 7) is 1.68.